The van der Waals surface area contributed by atoms with Crippen molar-refractivity contribution in [3.05, 3.63) is 65.2 Å². The zero-order chi connectivity index (χ0) is 18.4. The average Bonchev–Trinajstić information content (AvgIpc) is 2.64. The van der Waals surface area contributed by atoms with E-state index in [2.05, 4.69) is 23.2 Å². The van der Waals surface area contributed by atoms with E-state index in [4.69, 9.17) is 5.26 Å². The van der Waals surface area contributed by atoms with Gasteiger partial charge >= 0.3 is 0 Å². The minimum Gasteiger partial charge on any atom is -0.322 e. The van der Waals surface area contributed by atoms with Crippen LogP contribution in [0, 0.1) is 17.2 Å². The van der Waals surface area contributed by atoms with Gasteiger partial charge in [-0.1, -0.05) is 31.2 Å². The molecular formula is C22H25N3O. The van der Waals surface area contributed by atoms with Crippen LogP contribution in [0.2, 0.25) is 0 Å². The fraction of sp³-hybridized carbons (Fsp3) is 0.364. The van der Waals surface area contributed by atoms with Gasteiger partial charge in [-0.05, 0) is 60.7 Å². The van der Waals surface area contributed by atoms with Crippen molar-refractivity contribution in [2.45, 2.75) is 32.7 Å². The molecule has 0 radical (unpaired) electrons. The quantitative estimate of drug-likeness (QED) is 0.880. The van der Waals surface area contributed by atoms with Gasteiger partial charge in [-0.15, -0.1) is 0 Å². The van der Waals surface area contributed by atoms with Crippen LogP contribution in [0.4, 0.5) is 5.69 Å². The number of amides is 1. The van der Waals surface area contributed by atoms with Crippen molar-refractivity contribution in [3.63, 3.8) is 0 Å². The van der Waals surface area contributed by atoms with Gasteiger partial charge in [0.2, 0.25) is 0 Å². The highest BCUT2D eigenvalue weighted by molar-refractivity contribution is 6.04. The summed E-state index contributed by atoms with van der Waals surface area (Å²) in [5, 5.41) is 11.6. The first kappa shape index (κ1) is 18.2. The molecule has 0 aliphatic carbocycles. The Balaban J connectivity index is 1.57. The Morgan fingerprint density at radius 2 is 1.85 bits per heavy atom. The Hall–Kier alpha value is -2.64. The highest BCUT2D eigenvalue weighted by atomic mass is 16.1. The topological polar surface area (TPSA) is 56.1 Å². The lowest BCUT2D eigenvalue weighted by Gasteiger charge is -2.30. The third kappa shape index (κ3) is 4.93. The average molecular weight is 347 g/mol. The molecule has 1 heterocycles. The number of anilines is 1. The van der Waals surface area contributed by atoms with E-state index in [9.17, 15) is 4.79 Å². The minimum absolute atomic E-state index is 0.115. The monoisotopic (exact) mass is 347 g/mol. The predicted octanol–water partition coefficient (Wildman–Crippen LogP) is 4.24. The van der Waals surface area contributed by atoms with Gasteiger partial charge in [0, 0.05) is 24.3 Å². The lowest BCUT2D eigenvalue weighted by Crippen LogP contribution is -2.33. The molecule has 1 aliphatic heterocycles. The Morgan fingerprint density at radius 3 is 2.50 bits per heavy atom. The molecule has 0 bridgehead atoms. The van der Waals surface area contributed by atoms with Crippen LogP contribution in [-0.2, 0) is 13.0 Å². The smallest absolute Gasteiger partial charge is 0.255 e. The summed E-state index contributed by atoms with van der Waals surface area (Å²) in [6, 6.07) is 17.4. The van der Waals surface area contributed by atoms with E-state index >= 15 is 0 Å². The molecule has 4 heteroatoms. The molecule has 1 fully saturated rings. The molecule has 26 heavy (non-hydrogen) atoms. The number of benzene rings is 2. The molecule has 1 amide bonds. The molecule has 0 saturated carbocycles. The molecule has 1 aliphatic rings. The van der Waals surface area contributed by atoms with Gasteiger partial charge in [-0.2, -0.15) is 5.26 Å². The number of nitrogens with zero attached hydrogens (tertiary/aromatic N) is 2. The Morgan fingerprint density at radius 1 is 1.15 bits per heavy atom. The summed E-state index contributed by atoms with van der Waals surface area (Å²) in [7, 11) is 0. The van der Waals surface area contributed by atoms with E-state index in [0.29, 0.717) is 12.0 Å². The normalized spacial score (nSPS) is 17.5. The van der Waals surface area contributed by atoms with Crippen LogP contribution in [0.5, 0.6) is 0 Å². The van der Waals surface area contributed by atoms with E-state index in [-0.39, 0.29) is 5.91 Å². The Labute approximate surface area is 155 Å². The maximum atomic E-state index is 12.4. The van der Waals surface area contributed by atoms with Crippen LogP contribution >= 0.6 is 0 Å². The lowest BCUT2D eigenvalue weighted by molar-refractivity contribution is 0.102. The standard InChI is InChI=1S/C22H25N3O/c1-17-3-2-14-25(15-17)16-19-4-8-20(9-5-19)22(26)24-21-10-6-18(7-11-21)12-13-23/h4-11,17H,2-3,12,14-16H2,1H3,(H,24,26). The fourth-order valence-electron chi connectivity index (χ4n) is 3.45. The summed E-state index contributed by atoms with van der Waals surface area (Å²) in [4.78, 5) is 14.9. The number of nitriles is 1. The van der Waals surface area contributed by atoms with Crippen LogP contribution in [0.15, 0.2) is 48.5 Å². The summed E-state index contributed by atoms with van der Waals surface area (Å²) in [5.41, 5.74) is 3.59. The molecule has 0 spiro atoms. The summed E-state index contributed by atoms with van der Waals surface area (Å²) in [6.45, 7) is 5.58. The third-order valence-corrected chi connectivity index (χ3v) is 4.86. The number of rotatable bonds is 5. The number of hydrogen-bond acceptors (Lipinski definition) is 3. The second-order valence-electron chi connectivity index (χ2n) is 7.17. The molecule has 3 rings (SSSR count). The Kier molecular flexibility index (Phi) is 6.04. The van der Waals surface area contributed by atoms with E-state index in [1.165, 1.54) is 18.4 Å². The van der Waals surface area contributed by atoms with Gasteiger partial charge < -0.3 is 5.32 Å². The molecule has 4 nitrogen and oxygen atoms in total. The van der Waals surface area contributed by atoms with Gasteiger partial charge in [0.05, 0.1) is 12.5 Å². The summed E-state index contributed by atoms with van der Waals surface area (Å²) < 4.78 is 0. The van der Waals surface area contributed by atoms with Crippen molar-refractivity contribution >= 4 is 11.6 Å². The summed E-state index contributed by atoms with van der Waals surface area (Å²) in [6.07, 6.45) is 2.98. The van der Waals surface area contributed by atoms with Gasteiger partial charge in [0.15, 0.2) is 0 Å². The number of likely N-dealkylation sites (tertiary alicyclic amines) is 1. The fourth-order valence-corrected chi connectivity index (χ4v) is 3.45. The first-order valence-electron chi connectivity index (χ1n) is 9.22. The molecule has 1 atom stereocenters. The van der Waals surface area contributed by atoms with Gasteiger partial charge in [-0.25, -0.2) is 0 Å². The number of hydrogen-bond donors (Lipinski definition) is 1. The van der Waals surface area contributed by atoms with Crippen LogP contribution in [0.25, 0.3) is 0 Å². The van der Waals surface area contributed by atoms with Gasteiger partial charge in [0.1, 0.15) is 0 Å². The predicted molar refractivity (Wildman–Crippen MR) is 104 cm³/mol. The van der Waals surface area contributed by atoms with Crippen molar-refractivity contribution in [2.75, 3.05) is 18.4 Å². The van der Waals surface area contributed by atoms with Crippen LogP contribution in [0.1, 0.15) is 41.3 Å². The van der Waals surface area contributed by atoms with Crippen LogP contribution in [-0.4, -0.2) is 23.9 Å². The highest BCUT2D eigenvalue weighted by Crippen LogP contribution is 2.18. The first-order chi connectivity index (χ1) is 12.6. The van der Waals surface area contributed by atoms with Crippen molar-refractivity contribution in [1.82, 2.24) is 4.90 Å². The SMILES string of the molecule is CC1CCCN(Cc2ccc(C(=O)Nc3ccc(CC#N)cc3)cc2)C1. The molecule has 2 aromatic rings. The molecule has 1 saturated heterocycles. The zero-order valence-electron chi connectivity index (χ0n) is 15.2. The molecule has 1 N–H and O–H groups in total. The van der Waals surface area contributed by atoms with Crippen molar-refractivity contribution in [2.24, 2.45) is 5.92 Å². The number of nitrogens with one attached hydrogen (secondary N) is 1. The maximum Gasteiger partial charge on any atom is 0.255 e. The molecular weight excluding hydrogens is 322 g/mol. The number of carbonyl (C=O) groups is 1. The lowest BCUT2D eigenvalue weighted by atomic mass is 9.99. The highest BCUT2D eigenvalue weighted by Gasteiger charge is 2.16. The molecule has 0 aromatic heterocycles. The second-order valence-corrected chi connectivity index (χ2v) is 7.17. The maximum absolute atomic E-state index is 12.4. The number of carbonyl (C=O) groups excluding carboxylic acids is 1. The van der Waals surface area contributed by atoms with Crippen LogP contribution in [0.3, 0.4) is 0 Å². The minimum atomic E-state index is -0.115. The van der Waals surface area contributed by atoms with Crippen molar-refractivity contribution in [3.8, 4) is 6.07 Å². The number of piperidine rings is 1. The van der Waals surface area contributed by atoms with E-state index in [1.807, 2.05) is 48.5 Å². The Bertz CT molecular complexity index is 775. The van der Waals surface area contributed by atoms with Crippen molar-refractivity contribution in [1.29, 1.82) is 5.26 Å². The van der Waals surface area contributed by atoms with E-state index < -0.39 is 0 Å². The van der Waals surface area contributed by atoms with E-state index in [1.54, 1.807) is 0 Å². The third-order valence-electron chi connectivity index (χ3n) is 4.86. The first-order valence-corrected chi connectivity index (χ1v) is 9.22. The summed E-state index contributed by atoms with van der Waals surface area (Å²) in [5.74, 6) is 0.657. The summed E-state index contributed by atoms with van der Waals surface area (Å²) >= 11 is 0. The zero-order valence-corrected chi connectivity index (χ0v) is 15.2. The molecule has 1 unspecified atom stereocenters. The molecule has 134 valence electrons. The van der Waals surface area contributed by atoms with Gasteiger partial charge in [-0.3, -0.25) is 9.69 Å². The molecule has 2 aromatic carbocycles. The van der Waals surface area contributed by atoms with Crippen molar-refractivity contribution < 1.29 is 4.79 Å². The second kappa shape index (κ2) is 8.64. The van der Waals surface area contributed by atoms with E-state index in [0.717, 1.165) is 36.8 Å². The van der Waals surface area contributed by atoms with Crippen LogP contribution < -0.4 is 5.32 Å². The largest absolute Gasteiger partial charge is 0.322 e. The van der Waals surface area contributed by atoms with Gasteiger partial charge in [0.25, 0.3) is 5.91 Å².